The van der Waals surface area contributed by atoms with Crippen LogP contribution in [-0.2, 0) is 6.42 Å². The molecule has 0 unspecified atom stereocenters. The maximum Gasteiger partial charge on any atom is 0.289 e. The van der Waals surface area contributed by atoms with Crippen molar-refractivity contribution in [2.75, 3.05) is 13.1 Å². The highest BCUT2D eigenvalue weighted by Crippen LogP contribution is 2.15. The largest absolute Gasteiger partial charge is 0.456 e. The predicted molar refractivity (Wildman–Crippen MR) is 54.6 cm³/mol. The van der Waals surface area contributed by atoms with Gasteiger partial charge >= 0.3 is 0 Å². The van der Waals surface area contributed by atoms with Gasteiger partial charge < -0.3 is 14.4 Å². The van der Waals surface area contributed by atoms with Crippen LogP contribution in [0.5, 0.6) is 0 Å². The number of carbonyl (C=O) groups excluding carboxylic acids is 1. The number of furan rings is 1. The summed E-state index contributed by atoms with van der Waals surface area (Å²) in [5.74, 6) is 1.07. The van der Waals surface area contributed by atoms with Crippen molar-refractivity contribution in [3.05, 3.63) is 23.7 Å². The second-order valence-corrected chi connectivity index (χ2v) is 3.81. The smallest absolute Gasteiger partial charge is 0.289 e. The van der Waals surface area contributed by atoms with Crippen LogP contribution in [-0.4, -0.2) is 35.1 Å². The van der Waals surface area contributed by atoms with Gasteiger partial charge in [0.25, 0.3) is 5.91 Å². The number of aryl methyl sites for hydroxylation is 1. The van der Waals surface area contributed by atoms with Crippen molar-refractivity contribution in [1.82, 2.24) is 4.90 Å². The van der Waals surface area contributed by atoms with Crippen molar-refractivity contribution in [1.29, 1.82) is 0 Å². The van der Waals surface area contributed by atoms with Gasteiger partial charge in [-0.1, -0.05) is 6.92 Å². The summed E-state index contributed by atoms with van der Waals surface area (Å²) in [5, 5.41) is 9.32. The molecule has 0 saturated carbocycles. The van der Waals surface area contributed by atoms with Gasteiger partial charge in [-0.05, 0) is 18.6 Å². The van der Waals surface area contributed by atoms with Crippen LogP contribution in [0.15, 0.2) is 16.5 Å². The molecule has 1 aliphatic rings. The minimum atomic E-state index is -0.380. The lowest BCUT2D eigenvalue weighted by molar-refractivity contribution is 0.0732. The van der Waals surface area contributed by atoms with Crippen LogP contribution < -0.4 is 0 Å². The van der Waals surface area contributed by atoms with Crippen LogP contribution in [0.1, 0.15) is 29.7 Å². The zero-order valence-electron chi connectivity index (χ0n) is 8.77. The van der Waals surface area contributed by atoms with E-state index in [0.717, 1.165) is 12.2 Å². The van der Waals surface area contributed by atoms with Crippen molar-refractivity contribution in [3.8, 4) is 0 Å². The van der Waals surface area contributed by atoms with E-state index in [0.29, 0.717) is 25.3 Å². The Morgan fingerprint density at radius 2 is 2.47 bits per heavy atom. The molecule has 0 spiro atoms. The Morgan fingerprint density at radius 3 is 3.00 bits per heavy atom. The molecule has 0 aromatic carbocycles. The third kappa shape index (κ3) is 2.04. The van der Waals surface area contributed by atoms with Crippen LogP contribution in [0, 0.1) is 0 Å². The average molecular weight is 209 g/mol. The lowest BCUT2D eigenvalue weighted by Crippen LogP contribution is -2.29. The van der Waals surface area contributed by atoms with Crippen molar-refractivity contribution >= 4 is 5.91 Å². The van der Waals surface area contributed by atoms with E-state index in [-0.39, 0.29) is 12.0 Å². The van der Waals surface area contributed by atoms with Gasteiger partial charge in [-0.2, -0.15) is 0 Å². The Bertz CT molecular complexity index is 358. The Hall–Kier alpha value is -1.29. The number of β-amino-alcohol motifs (C(OH)–C–C–N with tert-alkyl or cyclic N) is 1. The normalized spacial score (nSPS) is 20.9. The number of rotatable bonds is 2. The molecule has 2 rings (SSSR count). The van der Waals surface area contributed by atoms with Gasteiger partial charge in [0.15, 0.2) is 5.76 Å². The molecule has 1 N–H and O–H groups in total. The number of aliphatic hydroxyl groups is 1. The Labute approximate surface area is 88.5 Å². The fourth-order valence-electron chi connectivity index (χ4n) is 1.76. The summed E-state index contributed by atoms with van der Waals surface area (Å²) >= 11 is 0. The van der Waals surface area contributed by atoms with Crippen molar-refractivity contribution in [2.24, 2.45) is 0 Å². The summed E-state index contributed by atoms with van der Waals surface area (Å²) < 4.78 is 5.37. The summed E-state index contributed by atoms with van der Waals surface area (Å²) in [7, 11) is 0. The van der Waals surface area contributed by atoms with E-state index in [1.807, 2.05) is 13.0 Å². The van der Waals surface area contributed by atoms with Gasteiger partial charge in [-0.25, -0.2) is 0 Å². The monoisotopic (exact) mass is 209 g/mol. The first-order valence-electron chi connectivity index (χ1n) is 5.26. The Kier molecular flexibility index (Phi) is 2.77. The van der Waals surface area contributed by atoms with Crippen LogP contribution >= 0.6 is 0 Å². The fraction of sp³-hybridized carbons (Fsp3) is 0.545. The van der Waals surface area contributed by atoms with Crippen molar-refractivity contribution < 1.29 is 14.3 Å². The summed E-state index contributed by atoms with van der Waals surface area (Å²) in [5.41, 5.74) is 0. The second kappa shape index (κ2) is 4.06. The molecule has 4 nitrogen and oxygen atoms in total. The zero-order chi connectivity index (χ0) is 10.8. The Balaban J connectivity index is 2.07. The summed E-state index contributed by atoms with van der Waals surface area (Å²) in [6.07, 6.45) is 1.07. The van der Waals surface area contributed by atoms with Gasteiger partial charge in [0.2, 0.25) is 0 Å². The molecule has 1 aromatic rings. The van der Waals surface area contributed by atoms with E-state index >= 15 is 0 Å². The molecular weight excluding hydrogens is 194 g/mol. The molecule has 2 heterocycles. The van der Waals surface area contributed by atoms with Crippen LogP contribution in [0.3, 0.4) is 0 Å². The first-order valence-corrected chi connectivity index (χ1v) is 5.26. The van der Waals surface area contributed by atoms with E-state index in [1.165, 1.54) is 0 Å². The number of nitrogens with zero attached hydrogens (tertiary/aromatic N) is 1. The molecule has 0 bridgehead atoms. The molecule has 82 valence electrons. The molecule has 1 aromatic heterocycles. The highest BCUT2D eigenvalue weighted by atomic mass is 16.4. The van der Waals surface area contributed by atoms with E-state index < -0.39 is 0 Å². The lowest BCUT2D eigenvalue weighted by Gasteiger charge is -2.13. The quantitative estimate of drug-likeness (QED) is 0.792. The lowest BCUT2D eigenvalue weighted by atomic mass is 10.3. The molecule has 1 fully saturated rings. The summed E-state index contributed by atoms with van der Waals surface area (Å²) in [4.78, 5) is 13.5. The minimum absolute atomic E-state index is 0.119. The number of aliphatic hydroxyl groups excluding tert-OH is 1. The maximum atomic E-state index is 11.8. The third-order valence-electron chi connectivity index (χ3n) is 2.67. The standard InChI is InChI=1S/C11H15NO3/c1-2-9-3-4-10(15-9)11(14)12-6-5-8(13)7-12/h3-4,8,13H,2,5-7H2,1H3/t8-/m1/s1. The number of hydrogen-bond donors (Lipinski definition) is 1. The second-order valence-electron chi connectivity index (χ2n) is 3.81. The van der Waals surface area contributed by atoms with Crippen LogP contribution in [0.4, 0.5) is 0 Å². The first-order chi connectivity index (χ1) is 7.20. The fourth-order valence-corrected chi connectivity index (χ4v) is 1.76. The molecule has 4 heteroatoms. The van der Waals surface area contributed by atoms with Crippen LogP contribution in [0.25, 0.3) is 0 Å². The molecule has 1 aliphatic heterocycles. The molecule has 0 radical (unpaired) electrons. The predicted octanol–water partition coefficient (Wildman–Crippen LogP) is 1.05. The number of carbonyl (C=O) groups is 1. The summed E-state index contributed by atoms with van der Waals surface area (Å²) in [6, 6.07) is 3.52. The van der Waals surface area contributed by atoms with Gasteiger partial charge in [0, 0.05) is 19.5 Å². The van der Waals surface area contributed by atoms with E-state index in [9.17, 15) is 9.90 Å². The van der Waals surface area contributed by atoms with Crippen molar-refractivity contribution in [3.63, 3.8) is 0 Å². The minimum Gasteiger partial charge on any atom is -0.456 e. The van der Waals surface area contributed by atoms with E-state index in [1.54, 1.807) is 11.0 Å². The van der Waals surface area contributed by atoms with Crippen molar-refractivity contribution in [2.45, 2.75) is 25.9 Å². The third-order valence-corrected chi connectivity index (χ3v) is 2.67. The highest BCUT2D eigenvalue weighted by Gasteiger charge is 2.26. The number of hydrogen-bond acceptors (Lipinski definition) is 3. The molecular formula is C11H15NO3. The Morgan fingerprint density at radius 1 is 1.67 bits per heavy atom. The first kappa shape index (κ1) is 10.2. The molecule has 1 amide bonds. The average Bonchev–Trinajstić information content (AvgIpc) is 2.84. The van der Waals surface area contributed by atoms with Gasteiger partial charge in [-0.3, -0.25) is 4.79 Å². The number of amides is 1. The molecule has 1 saturated heterocycles. The molecule has 1 atom stereocenters. The van der Waals surface area contributed by atoms with E-state index in [2.05, 4.69) is 0 Å². The molecule has 15 heavy (non-hydrogen) atoms. The number of likely N-dealkylation sites (tertiary alicyclic amines) is 1. The highest BCUT2D eigenvalue weighted by molar-refractivity contribution is 5.91. The SMILES string of the molecule is CCc1ccc(C(=O)N2CC[C@@H](O)C2)o1. The zero-order valence-corrected chi connectivity index (χ0v) is 8.77. The van der Waals surface area contributed by atoms with Gasteiger partial charge in [-0.15, -0.1) is 0 Å². The van der Waals surface area contributed by atoms with Crippen LogP contribution in [0.2, 0.25) is 0 Å². The van der Waals surface area contributed by atoms with E-state index in [4.69, 9.17) is 4.42 Å². The summed E-state index contributed by atoms with van der Waals surface area (Å²) in [6.45, 7) is 3.01. The topological polar surface area (TPSA) is 53.7 Å². The maximum absolute atomic E-state index is 11.8. The molecule has 0 aliphatic carbocycles. The van der Waals surface area contributed by atoms with Gasteiger partial charge in [0.05, 0.1) is 6.10 Å². The van der Waals surface area contributed by atoms with Gasteiger partial charge in [0.1, 0.15) is 5.76 Å².